The Bertz CT molecular complexity index is 585. The maximum Gasteiger partial charge on any atom is 0.328 e. The summed E-state index contributed by atoms with van der Waals surface area (Å²) in [4.78, 5) is 24.3. The number of ether oxygens (including phenoxy) is 2. The minimum atomic E-state index is -3.26. The first-order valence-electron chi connectivity index (χ1n) is 8.65. The van der Waals surface area contributed by atoms with E-state index in [9.17, 15) is 18.0 Å². The fourth-order valence-corrected chi connectivity index (χ4v) is 3.87. The van der Waals surface area contributed by atoms with Crippen LogP contribution in [0.1, 0.15) is 33.1 Å². The lowest BCUT2D eigenvalue weighted by molar-refractivity contribution is -0.144. The third kappa shape index (κ3) is 6.40. The highest BCUT2D eigenvalue weighted by Crippen LogP contribution is 2.27. The van der Waals surface area contributed by atoms with Crippen LogP contribution >= 0.6 is 0 Å². The molecule has 1 saturated heterocycles. The molecule has 0 aromatic rings. The van der Waals surface area contributed by atoms with Gasteiger partial charge in [-0.15, -0.1) is 0 Å². The number of hydrogen-bond acceptors (Lipinski definition) is 6. The molecule has 0 spiro atoms. The van der Waals surface area contributed by atoms with Crippen LogP contribution in [0.25, 0.3) is 0 Å². The second kappa shape index (κ2) is 9.52. The fourth-order valence-electron chi connectivity index (χ4n) is 3.02. The van der Waals surface area contributed by atoms with E-state index in [0.717, 1.165) is 0 Å². The number of methoxy groups -OCH3 is 2. The van der Waals surface area contributed by atoms with E-state index in [0.29, 0.717) is 39.0 Å². The van der Waals surface area contributed by atoms with E-state index in [1.807, 2.05) is 13.8 Å². The van der Waals surface area contributed by atoms with Crippen molar-refractivity contribution in [1.82, 2.24) is 14.9 Å². The molecular formula is C16H31N3O6S. The first-order valence-corrected chi connectivity index (χ1v) is 10.5. The van der Waals surface area contributed by atoms with Gasteiger partial charge in [-0.1, -0.05) is 13.8 Å². The lowest BCUT2D eigenvalue weighted by atomic mass is 9.85. The van der Waals surface area contributed by atoms with Gasteiger partial charge in [0, 0.05) is 32.3 Å². The SMILES string of the molecule is COCCC1(NC(=O)NC(C(=O)OC)C(C)C)CCN(S(C)(=O)=O)CC1. The van der Waals surface area contributed by atoms with Crippen molar-refractivity contribution in [2.45, 2.75) is 44.7 Å². The minimum Gasteiger partial charge on any atom is -0.467 e. The van der Waals surface area contributed by atoms with Gasteiger partial charge in [0.2, 0.25) is 10.0 Å². The Hall–Kier alpha value is -1.39. The summed E-state index contributed by atoms with van der Waals surface area (Å²) in [5.74, 6) is -0.636. The van der Waals surface area contributed by atoms with E-state index in [-0.39, 0.29) is 5.92 Å². The largest absolute Gasteiger partial charge is 0.467 e. The van der Waals surface area contributed by atoms with Crippen LogP contribution in [-0.4, -0.2) is 76.5 Å². The number of hydrogen-bond donors (Lipinski definition) is 2. The Labute approximate surface area is 155 Å². The number of rotatable bonds is 8. The molecule has 0 radical (unpaired) electrons. The molecule has 1 unspecified atom stereocenters. The lowest BCUT2D eigenvalue weighted by Gasteiger charge is -2.41. The number of carbonyl (C=O) groups is 2. The fraction of sp³-hybridized carbons (Fsp3) is 0.875. The number of nitrogens with one attached hydrogen (secondary N) is 2. The zero-order valence-electron chi connectivity index (χ0n) is 16.2. The van der Waals surface area contributed by atoms with Crippen molar-refractivity contribution in [3.05, 3.63) is 0 Å². The predicted molar refractivity (Wildman–Crippen MR) is 97.2 cm³/mol. The van der Waals surface area contributed by atoms with E-state index in [2.05, 4.69) is 10.6 Å². The van der Waals surface area contributed by atoms with E-state index >= 15 is 0 Å². The molecule has 26 heavy (non-hydrogen) atoms. The summed E-state index contributed by atoms with van der Waals surface area (Å²) in [6.45, 7) is 4.71. The van der Waals surface area contributed by atoms with E-state index in [1.54, 1.807) is 7.11 Å². The van der Waals surface area contributed by atoms with Gasteiger partial charge in [0.1, 0.15) is 6.04 Å². The Morgan fingerprint density at radius 3 is 2.19 bits per heavy atom. The van der Waals surface area contributed by atoms with Crippen LogP contribution in [-0.2, 0) is 24.3 Å². The van der Waals surface area contributed by atoms with Crippen LogP contribution < -0.4 is 10.6 Å². The zero-order valence-corrected chi connectivity index (χ0v) is 17.0. The quantitative estimate of drug-likeness (QED) is 0.574. The Kier molecular flexibility index (Phi) is 8.29. The molecule has 1 atom stereocenters. The van der Waals surface area contributed by atoms with E-state index < -0.39 is 33.6 Å². The number of sulfonamides is 1. The van der Waals surface area contributed by atoms with Gasteiger partial charge in [-0.25, -0.2) is 22.3 Å². The molecule has 2 amide bonds. The molecule has 0 aromatic heterocycles. The van der Waals surface area contributed by atoms with Gasteiger partial charge in [0.15, 0.2) is 0 Å². The molecule has 1 aliphatic heterocycles. The van der Waals surface area contributed by atoms with Crippen molar-refractivity contribution in [2.75, 3.05) is 40.2 Å². The van der Waals surface area contributed by atoms with Crippen molar-refractivity contribution < 1.29 is 27.5 Å². The molecule has 0 bridgehead atoms. The summed E-state index contributed by atoms with van der Waals surface area (Å²) in [5, 5.41) is 5.60. The first-order chi connectivity index (χ1) is 12.0. The maximum atomic E-state index is 12.5. The van der Waals surface area contributed by atoms with Crippen LogP contribution in [0, 0.1) is 5.92 Å². The molecule has 0 saturated carbocycles. The summed E-state index contributed by atoms with van der Waals surface area (Å²) < 4.78 is 34.7. The molecule has 2 N–H and O–H groups in total. The second-order valence-electron chi connectivity index (χ2n) is 7.03. The normalized spacial score (nSPS) is 19.0. The van der Waals surface area contributed by atoms with Gasteiger partial charge >= 0.3 is 12.0 Å². The zero-order chi connectivity index (χ0) is 20.0. The van der Waals surface area contributed by atoms with Crippen molar-refractivity contribution in [1.29, 1.82) is 0 Å². The predicted octanol–water partition coefficient (Wildman–Crippen LogP) is 0.314. The third-order valence-electron chi connectivity index (χ3n) is 4.72. The molecule has 1 heterocycles. The van der Waals surface area contributed by atoms with Gasteiger partial charge in [0.05, 0.1) is 13.4 Å². The van der Waals surface area contributed by atoms with Crippen LogP contribution in [0.5, 0.6) is 0 Å². The highest BCUT2D eigenvalue weighted by molar-refractivity contribution is 7.88. The smallest absolute Gasteiger partial charge is 0.328 e. The Balaban J connectivity index is 2.81. The van der Waals surface area contributed by atoms with Gasteiger partial charge in [0.25, 0.3) is 0 Å². The van der Waals surface area contributed by atoms with Crippen molar-refractivity contribution >= 4 is 22.0 Å². The van der Waals surface area contributed by atoms with Gasteiger partial charge in [-0.3, -0.25) is 0 Å². The number of nitrogens with zero attached hydrogens (tertiary/aromatic N) is 1. The standard InChI is InChI=1S/C16H31N3O6S/c1-12(2)13(14(20)25-4)17-15(21)18-16(8-11-24-3)6-9-19(10-7-16)26(5,22)23/h12-13H,6-11H2,1-5H3,(H2,17,18,21). The monoisotopic (exact) mass is 393 g/mol. The van der Waals surface area contributed by atoms with Gasteiger partial charge < -0.3 is 20.1 Å². The second-order valence-corrected chi connectivity index (χ2v) is 9.01. The highest BCUT2D eigenvalue weighted by atomic mass is 32.2. The Morgan fingerprint density at radius 2 is 1.77 bits per heavy atom. The molecule has 1 rings (SSSR count). The van der Waals surface area contributed by atoms with Gasteiger partial charge in [-0.05, 0) is 25.2 Å². The average molecular weight is 394 g/mol. The summed E-state index contributed by atoms with van der Waals surface area (Å²) in [5.41, 5.74) is -0.584. The number of amides is 2. The Morgan fingerprint density at radius 1 is 1.19 bits per heavy atom. The van der Waals surface area contributed by atoms with Crippen LogP contribution in [0.3, 0.4) is 0 Å². The van der Waals surface area contributed by atoms with Crippen LogP contribution in [0.4, 0.5) is 4.79 Å². The van der Waals surface area contributed by atoms with Crippen LogP contribution in [0.15, 0.2) is 0 Å². The number of esters is 1. The maximum absolute atomic E-state index is 12.5. The van der Waals surface area contributed by atoms with Crippen molar-refractivity contribution in [3.8, 4) is 0 Å². The highest BCUT2D eigenvalue weighted by Gasteiger charge is 2.38. The average Bonchev–Trinajstić information content (AvgIpc) is 2.56. The summed E-state index contributed by atoms with van der Waals surface area (Å²) >= 11 is 0. The van der Waals surface area contributed by atoms with Crippen LogP contribution in [0.2, 0.25) is 0 Å². The number of urea groups is 1. The third-order valence-corrected chi connectivity index (χ3v) is 6.02. The lowest BCUT2D eigenvalue weighted by Crippen LogP contribution is -2.60. The molecule has 0 aromatic carbocycles. The number of carbonyl (C=O) groups excluding carboxylic acids is 2. The minimum absolute atomic E-state index is 0.129. The summed E-state index contributed by atoms with van der Waals surface area (Å²) in [6.07, 6.45) is 2.68. The molecule has 1 aliphatic rings. The topological polar surface area (TPSA) is 114 Å². The molecule has 1 fully saturated rings. The molecule has 10 heteroatoms. The van der Waals surface area contributed by atoms with Gasteiger partial charge in [-0.2, -0.15) is 0 Å². The molecule has 9 nitrogen and oxygen atoms in total. The number of piperidine rings is 1. The van der Waals surface area contributed by atoms with Crippen molar-refractivity contribution in [3.63, 3.8) is 0 Å². The first kappa shape index (κ1) is 22.7. The van der Waals surface area contributed by atoms with Crippen molar-refractivity contribution in [2.24, 2.45) is 5.92 Å². The molecular weight excluding hydrogens is 362 g/mol. The molecule has 152 valence electrons. The van der Waals surface area contributed by atoms with E-state index in [4.69, 9.17) is 9.47 Å². The van der Waals surface area contributed by atoms with E-state index in [1.165, 1.54) is 17.7 Å². The summed E-state index contributed by atoms with van der Waals surface area (Å²) in [6, 6.07) is -1.23. The molecule has 0 aliphatic carbocycles. The summed E-state index contributed by atoms with van der Waals surface area (Å²) in [7, 11) is -0.406.